The van der Waals surface area contributed by atoms with Crippen LogP contribution in [-0.4, -0.2) is 62.1 Å². The Bertz CT molecular complexity index is 683. The Hall–Kier alpha value is -1.50. The van der Waals surface area contributed by atoms with Crippen LogP contribution in [0.1, 0.15) is 44.7 Å². The van der Waals surface area contributed by atoms with E-state index in [-0.39, 0.29) is 35.8 Å². The summed E-state index contributed by atoms with van der Waals surface area (Å²) < 4.78 is 10.9. The van der Waals surface area contributed by atoms with Crippen molar-refractivity contribution in [2.75, 3.05) is 40.4 Å². The Kier molecular flexibility index (Phi) is 7.59. The van der Waals surface area contributed by atoms with Crippen molar-refractivity contribution in [1.29, 1.82) is 0 Å². The molecule has 1 amide bonds. The number of nitrogens with zero attached hydrogens (tertiary/aromatic N) is 2. The first-order valence-corrected chi connectivity index (χ1v) is 9.85. The molecule has 0 saturated carbocycles. The second-order valence-corrected chi connectivity index (χ2v) is 8.45. The van der Waals surface area contributed by atoms with Gasteiger partial charge >= 0.3 is 0 Å². The van der Waals surface area contributed by atoms with Crippen LogP contribution in [0.4, 0.5) is 0 Å². The van der Waals surface area contributed by atoms with Gasteiger partial charge in [0.2, 0.25) is 5.91 Å². The van der Waals surface area contributed by atoms with E-state index in [1.165, 1.54) is 0 Å². The zero-order chi connectivity index (χ0) is 19.6. The molecule has 2 atom stereocenters. The minimum atomic E-state index is 0. The number of hydrogen-bond acceptors (Lipinski definition) is 5. The number of carbonyl (C=O) groups is 1. The molecule has 2 fully saturated rings. The summed E-state index contributed by atoms with van der Waals surface area (Å²) in [6.45, 7) is 7.40. The van der Waals surface area contributed by atoms with Crippen LogP contribution in [0.3, 0.4) is 0 Å². The largest absolute Gasteiger partial charge is 0.497 e. The highest BCUT2D eigenvalue weighted by molar-refractivity contribution is 5.85. The van der Waals surface area contributed by atoms with Crippen LogP contribution in [0.25, 0.3) is 0 Å². The minimum Gasteiger partial charge on any atom is -0.497 e. The summed E-state index contributed by atoms with van der Waals surface area (Å²) in [6, 6.07) is 6.13. The average Bonchev–Trinajstić information content (AvgIpc) is 3.13. The topological polar surface area (TPSA) is 68.0 Å². The number of halogens is 1. The third-order valence-corrected chi connectivity index (χ3v) is 6.12. The van der Waals surface area contributed by atoms with E-state index >= 15 is 0 Å². The van der Waals surface area contributed by atoms with Gasteiger partial charge in [0.05, 0.1) is 26.8 Å². The summed E-state index contributed by atoms with van der Waals surface area (Å²) >= 11 is 0. The first-order chi connectivity index (χ1) is 12.9. The normalized spacial score (nSPS) is 24.5. The van der Waals surface area contributed by atoms with E-state index in [1.807, 2.05) is 23.1 Å². The molecule has 2 aliphatic rings. The number of hydrogen-bond donors (Lipinski definition) is 1. The van der Waals surface area contributed by atoms with E-state index in [0.717, 1.165) is 56.0 Å². The smallest absolute Gasteiger partial charge is 0.237 e. The molecule has 3 rings (SSSR count). The van der Waals surface area contributed by atoms with Crippen molar-refractivity contribution >= 4 is 18.3 Å². The van der Waals surface area contributed by atoms with Crippen LogP contribution < -0.4 is 15.2 Å². The standard InChI is InChI=1S/C21H33N3O3.ClH/c1-21(2)14-23(11-9-19(21)22)13-20(25)24-10-5-6-17(24)16-8-7-15(26-3)12-18(16)27-4;/h7-8,12,17,19H,5-6,9-11,13-14,22H2,1-4H3;1H. The van der Waals surface area contributed by atoms with E-state index in [4.69, 9.17) is 15.2 Å². The molecule has 2 saturated heterocycles. The van der Waals surface area contributed by atoms with Gasteiger partial charge in [-0.15, -0.1) is 12.4 Å². The Balaban J connectivity index is 0.00000280. The Morgan fingerprint density at radius 3 is 2.61 bits per heavy atom. The first kappa shape index (κ1) is 22.8. The van der Waals surface area contributed by atoms with E-state index in [9.17, 15) is 4.79 Å². The maximum absolute atomic E-state index is 13.1. The molecule has 0 aromatic heterocycles. The molecule has 0 radical (unpaired) electrons. The van der Waals surface area contributed by atoms with Crippen molar-refractivity contribution in [2.24, 2.45) is 11.1 Å². The quantitative estimate of drug-likeness (QED) is 0.806. The number of nitrogens with two attached hydrogens (primary N) is 1. The highest BCUT2D eigenvalue weighted by atomic mass is 35.5. The lowest BCUT2D eigenvalue weighted by atomic mass is 9.80. The van der Waals surface area contributed by atoms with Gasteiger partial charge in [0, 0.05) is 37.3 Å². The lowest BCUT2D eigenvalue weighted by Gasteiger charge is -2.43. The van der Waals surface area contributed by atoms with Gasteiger partial charge in [-0.05, 0) is 36.8 Å². The van der Waals surface area contributed by atoms with E-state index in [1.54, 1.807) is 14.2 Å². The van der Waals surface area contributed by atoms with Crippen LogP contribution >= 0.6 is 12.4 Å². The zero-order valence-corrected chi connectivity index (χ0v) is 18.3. The molecular weight excluding hydrogens is 378 g/mol. The molecule has 2 aliphatic heterocycles. The van der Waals surface area contributed by atoms with Crippen LogP contribution in [0, 0.1) is 5.41 Å². The van der Waals surface area contributed by atoms with Gasteiger partial charge in [-0.25, -0.2) is 0 Å². The minimum absolute atomic E-state index is 0. The molecule has 2 N–H and O–H groups in total. The van der Waals surface area contributed by atoms with Crippen LogP contribution in [-0.2, 0) is 4.79 Å². The number of likely N-dealkylation sites (tertiary alicyclic amines) is 2. The molecule has 6 nitrogen and oxygen atoms in total. The lowest BCUT2D eigenvalue weighted by molar-refractivity contribution is -0.134. The molecule has 2 unspecified atom stereocenters. The summed E-state index contributed by atoms with van der Waals surface area (Å²) in [5, 5.41) is 0. The third kappa shape index (κ3) is 4.73. The van der Waals surface area contributed by atoms with Crippen molar-refractivity contribution < 1.29 is 14.3 Å². The maximum Gasteiger partial charge on any atom is 0.237 e. The number of benzene rings is 1. The average molecular weight is 412 g/mol. The predicted molar refractivity (Wildman–Crippen MR) is 113 cm³/mol. The maximum atomic E-state index is 13.1. The Morgan fingerprint density at radius 2 is 1.96 bits per heavy atom. The van der Waals surface area contributed by atoms with Crippen LogP contribution in [0.2, 0.25) is 0 Å². The molecule has 28 heavy (non-hydrogen) atoms. The second kappa shape index (κ2) is 9.33. The third-order valence-electron chi connectivity index (χ3n) is 6.12. The van der Waals surface area contributed by atoms with E-state index in [2.05, 4.69) is 18.7 Å². The van der Waals surface area contributed by atoms with Crippen molar-refractivity contribution in [1.82, 2.24) is 9.80 Å². The molecule has 0 spiro atoms. The SMILES string of the molecule is COc1ccc(C2CCCN2C(=O)CN2CCC(N)C(C)(C)C2)c(OC)c1.Cl. The molecule has 7 heteroatoms. The number of rotatable bonds is 5. The van der Waals surface area contributed by atoms with Crippen LogP contribution in [0.5, 0.6) is 11.5 Å². The predicted octanol–water partition coefficient (Wildman–Crippen LogP) is 2.85. The van der Waals surface area contributed by atoms with Gasteiger partial charge in [-0.1, -0.05) is 13.8 Å². The van der Waals surface area contributed by atoms with Gasteiger partial charge < -0.3 is 20.1 Å². The summed E-state index contributed by atoms with van der Waals surface area (Å²) in [4.78, 5) is 17.4. The molecular formula is C21H34ClN3O3. The first-order valence-electron chi connectivity index (χ1n) is 9.85. The van der Waals surface area contributed by atoms with Crippen molar-refractivity contribution in [3.8, 4) is 11.5 Å². The monoisotopic (exact) mass is 411 g/mol. The fraction of sp³-hybridized carbons (Fsp3) is 0.667. The second-order valence-electron chi connectivity index (χ2n) is 8.45. The summed E-state index contributed by atoms with van der Waals surface area (Å²) in [5.41, 5.74) is 7.34. The van der Waals surface area contributed by atoms with Gasteiger partial charge in [-0.3, -0.25) is 9.69 Å². The van der Waals surface area contributed by atoms with Crippen molar-refractivity contribution in [2.45, 2.75) is 45.2 Å². The van der Waals surface area contributed by atoms with Gasteiger partial charge in [-0.2, -0.15) is 0 Å². The Morgan fingerprint density at radius 1 is 1.21 bits per heavy atom. The number of carbonyl (C=O) groups excluding carboxylic acids is 1. The molecule has 2 heterocycles. The fourth-order valence-corrected chi connectivity index (χ4v) is 4.38. The lowest BCUT2D eigenvalue weighted by Crippen LogP contribution is -2.54. The Labute approximate surface area is 174 Å². The van der Waals surface area contributed by atoms with Gasteiger partial charge in [0.1, 0.15) is 11.5 Å². The summed E-state index contributed by atoms with van der Waals surface area (Å²) in [6.07, 6.45) is 2.92. The van der Waals surface area contributed by atoms with Gasteiger partial charge in [0.25, 0.3) is 0 Å². The van der Waals surface area contributed by atoms with E-state index < -0.39 is 0 Å². The van der Waals surface area contributed by atoms with E-state index in [0.29, 0.717) is 6.54 Å². The fourth-order valence-electron chi connectivity index (χ4n) is 4.38. The van der Waals surface area contributed by atoms with Crippen LogP contribution in [0.15, 0.2) is 18.2 Å². The van der Waals surface area contributed by atoms with Gasteiger partial charge in [0.15, 0.2) is 0 Å². The summed E-state index contributed by atoms with van der Waals surface area (Å²) in [7, 11) is 3.31. The molecule has 0 aliphatic carbocycles. The number of amides is 1. The number of methoxy groups -OCH3 is 2. The molecule has 1 aromatic carbocycles. The molecule has 1 aromatic rings. The zero-order valence-electron chi connectivity index (χ0n) is 17.4. The molecule has 0 bridgehead atoms. The van der Waals surface area contributed by atoms with Crippen molar-refractivity contribution in [3.63, 3.8) is 0 Å². The summed E-state index contributed by atoms with van der Waals surface area (Å²) in [5.74, 6) is 1.74. The molecule has 158 valence electrons. The highest BCUT2D eigenvalue weighted by Crippen LogP contribution is 2.39. The number of piperidine rings is 1. The van der Waals surface area contributed by atoms with Crippen molar-refractivity contribution in [3.05, 3.63) is 23.8 Å². The number of ether oxygens (including phenoxy) is 2. The highest BCUT2D eigenvalue weighted by Gasteiger charge is 2.37.